The molecule has 2 unspecified atom stereocenters. The molecule has 0 bridgehead atoms. The van der Waals surface area contributed by atoms with Gasteiger partial charge in [0.25, 0.3) is 0 Å². The van der Waals surface area contributed by atoms with E-state index in [4.69, 9.17) is 28.8 Å². The molecule has 1 saturated heterocycles. The van der Waals surface area contributed by atoms with Crippen LogP contribution in [-0.4, -0.2) is 81.6 Å². The predicted octanol–water partition coefficient (Wildman–Crippen LogP) is 6.79. The number of carbonyl (C=O) groups excluding carboxylic acids is 2. The molecule has 0 spiro atoms. The highest BCUT2D eigenvalue weighted by Gasteiger charge is 2.37. The minimum absolute atomic E-state index is 0.0752. The molecule has 3 aromatic carbocycles. The molecule has 0 saturated carbocycles. The first-order chi connectivity index (χ1) is 23.3. The summed E-state index contributed by atoms with van der Waals surface area (Å²) in [5.74, 6) is -0.772. The Hall–Kier alpha value is -4.09. The Morgan fingerprint density at radius 3 is 1.60 bits per heavy atom. The summed E-state index contributed by atoms with van der Waals surface area (Å²) in [6.45, 7) is 0.233. The van der Waals surface area contributed by atoms with E-state index in [1.807, 2.05) is 91.0 Å². The van der Waals surface area contributed by atoms with Gasteiger partial charge in [-0.05, 0) is 47.8 Å². The van der Waals surface area contributed by atoms with Crippen LogP contribution in [0.1, 0.15) is 67.1 Å². The summed E-state index contributed by atoms with van der Waals surface area (Å²) < 4.78 is 26.3. The molecule has 1 aliphatic rings. The Balaban J connectivity index is 0.000000297. The van der Waals surface area contributed by atoms with Gasteiger partial charge in [0, 0.05) is 54.1 Å². The zero-order chi connectivity index (χ0) is 34.7. The maximum absolute atomic E-state index is 13.0. The first-order valence-electron chi connectivity index (χ1n) is 16.2. The van der Waals surface area contributed by atoms with E-state index < -0.39 is 12.1 Å². The lowest BCUT2D eigenvalue weighted by Crippen LogP contribution is -2.40. The number of aliphatic carboxylic acids is 1. The molecule has 10 heteroatoms. The number of rotatable bonds is 18. The van der Waals surface area contributed by atoms with Gasteiger partial charge in [0.15, 0.2) is 12.6 Å². The van der Waals surface area contributed by atoms with Crippen LogP contribution in [0.4, 0.5) is 4.79 Å². The van der Waals surface area contributed by atoms with Crippen LogP contribution in [0.25, 0.3) is 0 Å². The van der Waals surface area contributed by atoms with Crippen LogP contribution in [0.2, 0.25) is 0 Å². The van der Waals surface area contributed by atoms with Gasteiger partial charge in [0.05, 0.1) is 6.04 Å². The number of cyclic esters (lactones) is 1. The fourth-order valence-electron chi connectivity index (χ4n) is 5.85. The minimum atomic E-state index is -0.776. The van der Waals surface area contributed by atoms with Crippen molar-refractivity contribution in [3.8, 4) is 0 Å². The normalized spacial score (nSPS) is 15.5. The van der Waals surface area contributed by atoms with Gasteiger partial charge in [0.1, 0.15) is 6.61 Å². The number of hydrogen-bond donors (Lipinski definition) is 1. The minimum Gasteiger partial charge on any atom is -0.481 e. The van der Waals surface area contributed by atoms with Gasteiger partial charge in [-0.1, -0.05) is 91.0 Å². The van der Waals surface area contributed by atoms with E-state index in [0.717, 1.165) is 16.7 Å². The van der Waals surface area contributed by atoms with Gasteiger partial charge in [-0.3, -0.25) is 9.59 Å². The number of carbonyl (C=O) groups is 3. The third-order valence-corrected chi connectivity index (χ3v) is 8.50. The lowest BCUT2D eigenvalue weighted by molar-refractivity contribution is -0.137. The summed E-state index contributed by atoms with van der Waals surface area (Å²) in [4.78, 5) is 37.2. The third-order valence-electron chi connectivity index (χ3n) is 8.50. The second-order valence-electron chi connectivity index (χ2n) is 11.6. The van der Waals surface area contributed by atoms with Crippen molar-refractivity contribution in [2.45, 2.75) is 75.4 Å². The van der Waals surface area contributed by atoms with E-state index in [-0.39, 0.29) is 55.8 Å². The lowest BCUT2D eigenvalue weighted by atomic mass is 9.90. The first-order valence-corrected chi connectivity index (χ1v) is 16.2. The Morgan fingerprint density at radius 2 is 1.17 bits per heavy atom. The van der Waals surface area contributed by atoms with Crippen LogP contribution in [0.5, 0.6) is 0 Å². The third kappa shape index (κ3) is 12.5. The largest absolute Gasteiger partial charge is 0.481 e. The summed E-state index contributed by atoms with van der Waals surface area (Å²) in [7, 11) is 6.40. The average Bonchev–Trinajstić information content (AvgIpc) is 3.49. The van der Waals surface area contributed by atoms with E-state index in [9.17, 15) is 14.4 Å². The van der Waals surface area contributed by atoms with Gasteiger partial charge in [-0.15, -0.1) is 0 Å². The zero-order valence-electron chi connectivity index (χ0n) is 28.4. The molecule has 0 aromatic heterocycles. The summed E-state index contributed by atoms with van der Waals surface area (Å²) in [5, 5.41) is 8.80. The maximum Gasteiger partial charge on any atom is 0.416 e. The highest BCUT2D eigenvalue weighted by molar-refractivity contribution is 5.93. The van der Waals surface area contributed by atoms with Crippen LogP contribution in [0, 0.1) is 0 Å². The molecule has 260 valence electrons. The predicted molar refractivity (Wildman–Crippen MR) is 181 cm³/mol. The van der Waals surface area contributed by atoms with Crippen LogP contribution < -0.4 is 0 Å². The van der Waals surface area contributed by atoms with Crippen LogP contribution in [-0.2, 0) is 39.7 Å². The van der Waals surface area contributed by atoms with Crippen molar-refractivity contribution in [2.24, 2.45) is 0 Å². The van der Waals surface area contributed by atoms with E-state index in [1.165, 1.54) is 4.90 Å². The molecule has 3 aromatic rings. The fraction of sp³-hybridized carbons (Fsp3) is 0.447. The van der Waals surface area contributed by atoms with Crippen LogP contribution in [0.15, 0.2) is 91.0 Å². The van der Waals surface area contributed by atoms with Crippen molar-refractivity contribution in [1.29, 1.82) is 0 Å². The molecule has 1 N–H and O–H groups in total. The van der Waals surface area contributed by atoms with Crippen LogP contribution in [0.3, 0.4) is 0 Å². The molecule has 4 rings (SSSR count). The van der Waals surface area contributed by atoms with Crippen LogP contribution >= 0.6 is 0 Å². The van der Waals surface area contributed by atoms with Gasteiger partial charge >= 0.3 is 12.1 Å². The van der Waals surface area contributed by atoms with E-state index in [0.29, 0.717) is 32.1 Å². The molecule has 0 aliphatic carbocycles. The molecular weight excluding hydrogens is 614 g/mol. The quantitative estimate of drug-likeness (QED) is 0.147. The Labute approximate surface area is 283 Å². The number of imide groups is 1. The van der Waals surface area contributed by atoms with E-state index in [2.05, 4.69) is 0 Å². The highest BCUT2D eigenvalue weighted by Crippen LogP contribution is 2.29. The summed E-state index contributed by atoms with van der Waals surface area (Å²) in [6, 6.07) is 29.4. The van der Waals surface area contributed by atoms with Crippen molar-refractivity contribution in [3.05, 3.63) is 108 Å². The summed E-state index contributed by atoms with van der Waals surface area (Å²) in [6.07, 6.45) is 2.25. The molecule has 10 nitrogen and oxygen atoms in total. The summed E-state index contributed by atoms with van der Waals surface area (Å²) >= 11 is 0. The van der Waals surface area contributed by atoms with Gasteiger partial charge in [-0.25, -0.2) is 9.69 Å². The number of amides is 2. The molecule has 1 heterocycles. The lowest BCUT2D eigenvalue weighted by Gasteiger charge is -2.24. The fourth-order valence-corrected chi connectivity index (χ4v) is 5.85. The van der Waals surface area contributed by atoms with E-state index >= 15 is 0 Å². The second kappa shape index (κ2) is 21.0. The number of carboxylic acid groups (broad SMARTS) is 1. The molecule has 3 atom stereocenters. The van der Waals surface area contributed by atoms with Crippen molar-refractivity contribution >= 4 is 18.0 Å². The number of nitrogens with zero attached hydrogens (tertiary/aromatic N) is 1. The molecule has 1 aliphatic heterocycles. The standard InChI is InChI=1S/C24H29NO5.C14H20O4/c1-28-23(29-2)16-20(19-11-7-4-8-12-19)13-14-22(26)25-21(17-30-24(25)27)15-18-9-5-3-6-10-18;1-17-14(18-2)10-12(8-9-13(15)16)11-6-4-3-5-7-11/h3-12,20-21,23H,13-17H2,1-2H3;3-7,12,14H,8-10H2,1-2H3,(H,15,16)/t20?,21-;/m0./s1. The molecule has 1 fully saturated rings. The molecule has 2 amide bonds. The van der Waals surface area contributed by atoms with Gasteiger partial charge in [0.2, 0.25) is 5.91 Å². The smallest absolute Gasteiger partial charge is 0.416 e. The molecular formula is C38H49NO9. The molecule has 0 radical (unpaired) electrons. The number of methoxy groups -OCH3 is 4. The summed E-state index contributed by atoms with van der Waals surface area (Å²) in [5.41, 5.74) is 3.32. The second-order valence-corrected chi connectivity index (χ2v) is 11.6. The zero-order valence-corrected chi connectivity index (χ0v) is 28.4. The molecule has 48 heavy (non-hydrogen) atoms. The van der Waals surface area contributed by atoms with Gasteiger partial charge < -0.3 is 28.8 Å². The van der Waals surface area contributed by atoms with Gasteiger partial charge in [-0.2, -0.15) is 0 Å². The van der Waals surface area contributed by atoms with Crippen molar-refractivity contribution < 1.29 is 43.2 Å². The monoisotopic (exact) mass is 663 g/mol. The SMILES string of the molecule is COC(CC(CCC(=O)N1C(=O)OC[C@@H]1Cc1ccccc1)c1ccccc1)OC.COC(CC(CCC(=O)O)c1ccccc1)OC. The number of hydrogen-bond acceptors (Lipinski definition) is 8. The Morgan fingerprint density at radius 1 is 0.729 bits per heavy atom. The number of ether oxygens (including phenoxy) is 5. The Kier molecular flexibility index (Phi) is 16.8. The number of carboxylic acids is 1. The average molecular weight is 664 g/mol. The van der Waals surface area contributed by atoms with E-state index in [1.54, 1.807) is 28.4 Å². The van der Waals surface area contributed by atoms with Crippen molar-refractivity contribution in [1.82, 2.24) is 4.90 Å². The van der Waals surface area contributed by atoms with Crippen molar-refractivity contribution in [3.63, 3.8) is 0 Å². The topological polar surface area (TPSA) is 121 Å². The first kappa shape index (κ1) is 38.4. The maximum atomic E-state index is 13.0. The number of benzene rings is 3. The Bertz CT molecular complexity index is 1350. The van der Waals surface area contributed by atoms with Crippen molar-refractivity contribution in [2.75, 3.05) is 35.0 Å². The highest BCUT2D eigenvalue weighted by atomic mass is 16.7.